The third-order valence-electron chi connectivity index (χ3n) is 2.94. The third kappa shape index (κ3) is 2.76. The number of hydrogen-bond donors (Lipinski definition) is 1. The van der Waals surface area contributed by atoms with Gasteiger partial charge in [0.2, 0.25) is 0 Å². The van der Waals surface area contributed by atoms with Crippen LogP contribution in [-0.2, 0) is 4.74 Å². The van der Waals surface area contributed by atoms with Gasteiger partial charge in [-0.25, -0.2) is 0 Å². The van der Waals surface area contributed by atoms with Gasteiger partial charge in [-0.15, -0.1) is 0 Å². The molecule has 1 rings (SSSR count). The Morgan fingerprint density at radius 3 is 2.83 bits per heavy atom. The highest BCUT2D eigenvalue weighted by atomic mass is 16.5. The summed E-state index contributed by atoms with van der Waals surface area (Å²) in [7, 11) is 0. The third-order valence-corrected chi connectivity index (χ3v) is 2.94. The first-order chi connectivity index (χ1) is 5.74. The Morgan fingerprint density at radius 2 is 2.17 bits per heavy atom. The van der Waals surface area contributed by atoms with E-state index < -0.39 is 0 Å². The van der Waals surface area contributed by atoms with Gasteiger partial charge in [-0.1, -0.05) is 6.92 Å². The highest BCUT2D eigenvalue weighted by Gasteiger charge is 2.25. The Bertz CT molecular complexity index is 127. The van der Waals surface area contributed by atoms with E-state index in [1.165, 1.54) is 12.8 Å². The molecule has 0 aromatic carbocycles. The average Bonchev–Trinajstić information content (AvgIpc) is 2.07. The van der Waals surface area contributed by atoms with Crippen molar-refractivity contribution in [3.63, 3.8) is 0 Å². The minimum atomic E-state index is 0.423. The second-order valence-electron chi connectivity index (χ2n) is 3.97. The predicted octanol–water partition coefficient (Wildman–Crippen LogP) is 1.79. The molecule has 0 spiro atoms. The van der Waals surface area contributed by atoms with E-state index in [2.05, 4.69) is 6.92 Å². The summed E-state index contributed by atoms with van der Waals surface area (Å²) in [6, 6.07) is 0.423. The zero-order valence-corrected chi connectivity index (χ0v) is 8.25. The first-order valence-electron chi connectivity index (χ1n) is 5.07. The maximum atomic E-state index is 5.90. The molecule has 0 aromatic heterocycles. The van der Waals surface area contributed by atoms with Crippen LogP contribution in [0.5, 0.6) is 0 Å². The van der Waals surface area contributed by atoms with E-state index in [1.54, 1.807) is 0 Å². The first-order valence-corrected chi connectivity index (χ1v) is 5.07. The molecule has 0 heterocycles. The fraction of sp³-hybridized carbons (Fsp3) is 1.00. The van der Waals surface area contributed by atoms with Crippen LogP contribution in [0.25, 0.3) is 0 Å². The van der Waals surface area contributed by atoms with E-state index >= 15 is 0 Å². The monoisotopic (exact) mass is 171 g/mol. The van der Waals surface area contributed by atoms with Crippen LogP contribution in [0.3, 0.4) is 0 Å². The molecule has 0 amide bonds. The molecule has 0 radical (unpaired) electrons. The van der Waals surface area contributed by atoms with E-state index in [1.807, 2.05) is 6.92 Å². The van der Waals surface area contributed by atoms with Crippen molar-refractivity contribution < 1.29 is 4.74 Å². The van der Waals surface area contributed by atoms with Crippen molar-refractivity contribution in [1.82, 2.24) is 0 Å². The quantitative estimate of drug-likeness (QED) is 0.702. The molecule has 1 aliphatic carbocycles. The molecule has 12 heavy (non-hydrogen) atoms. The molecule has 2 nitrogen and oxygen atoms in total. The fourth-order valence-corrected chi connectivity index (χ4v) is 1.95. The van der Waals surface area contributed by atoms with Crippen LogP contribution in [0.4, 0.5) is 0 Å². The lowest BCUT2D eigenvalue weighted by atomic mass is 9.79. The number of rotatable bonds is 3. The van der Waals surface area contributed by atoms with Gasteiger partial charge in [-0.3, -0.25) is 0 Å². The summed E-state index contributed by atoms with van der Waals surface area (Å²) in [5.74, 6) is 1.50. The van der Waals surface area contributed by atoms with Crippen molar-refractivity contribution in [1.29, 1.82) is 0 Å². The average molecular weight is 171 g/mol. The summed E-state index contributed by atoms with van der Waals surface area (Å²) in [4.78, 5) is 0. The van der Waals surface area contributed by atoms with Gasteiger partial charge in [0.25, 0.3) is 0 Å². The van der Waals surface area contributed by atoms with Crippen LogP contribution >= 0.6 is 0 Å². The number of ether oxygens (including phenoxy) is 1. The minimum absolute atomic E-state index is 0.423. The normalized spacial score (nSPS) is 36.8. The van der Waals surface area contributed by atoms with Crippen LogP contribution in [0, 0.1) is 11.8 Å². The molecule has 2 N–H and O–H groups in total. The molecule has 72 valence electrons. The molecule has 2 heteroatoms. The van der Waals surface area contributed by atoms with Crippen molar-refractivity contribution in [2.75, 3.05) is 13.2 Å². The standard InChI is InChI=1S/C10H21NO/c1-3-12-7-9-6-10(11)5-4-8(9)2/h8-10H,3-7,11H2,1-2H3. The van der Waals surface area contributed by atoms with Crippen LogP contribution in [0.2, 0.25) is 0 Å². The largest absolute Gasteiger partial charge is 0.381 e. The van der Waals surface area contributed by atoms with E-state index in [9.17, 15) is 0 Å². The van der Waals surface area contributed by atoms with Gasteiger partial charge in [-0.05, 0) is 38.0 Å². The second-order valence-corrected chi connectivity index (χ2v) is 3.97. The topological polar surface area (TPSA) is 35.2 Å². The Balaban J connectivity index is 2.28. The highest BCUT2D eigenvalue weighted by Crippen LogP contribution is 2.28. The van der Waals surface area contributed by atoms with Crippen molar-refractivity contribution in [2.45, 2.75) is 39.2 Å². The van der Waals surface area contributed by atoms with Gasteiger partial charge >= 0.3 is 0 Å². The lowest BCUT2D eigenvalue weighted by Gasteiger charge is -2.32. The van der Waals surface area contributed by atoms with Crippen LogP contribution in [-0.4, -0.2) is 19.3 Å². The molecule has 1 fully saturated rings. The summed E-state index contributed by atoms with van der Waals surface area (Å²) >= 11 is 0. The summed E-state index contributed by atoms with van der Waals surface area (Å²) in [5.41, 5.74) is 5.90. The van der Waals surface area contributed by atoms with Gasteiger partial charge in [0.15, 0.2) is 0 Å². The maximum absolute atomic E-state index is 5.90. The van der Waals surface area contributed by atoms with Crippen LogP contribution in [0.15, 0.2) is 0 Å². The first kappa shape index (κ1) is 10.0. The summed E-state index contributed by atoms with van der Waals surface area (Å²) in [6.45, 7) is 6.10. The van der Waals surface area contributed by atoms with Gasteiger partial charge in [0.05, 0.1) is 0 Å². The maximum Gasteiger partial charge on any atom is 0.0497 e. The Morgan fingerprint density at radius 1 is 1.42 bits per heavy atom. The van der Waals surface area contributed by atoms with Crippen molar-refractivity contribution >= 4 is 0 Å². The van der Waals surface area contributed by atoms with Crippen molar-refractivity contribution in [2.24, 2.45) is 17.6 Å². The Labute approximate surface area is 75.5 Å². The summed E-state index contributed by atoms with van der Waals surface area (Å²) in [6.07, 6.45) is 3.63. The molecule has 1 aliphatic rings. The van der Waals surface area contributed by atoms with E-state index in [0.717, 1.165) is 25.6 Å². The van der Waals surface area contributed by atoms with Gasteiger partial charge in [0, 0.05) is 19.3 Å². The molecule has 1 saturated carbocycles. The van der Waals surface area contributed by atoms with Gasteiger partial charge < -0.3 is 10.5 Å². The summed E-state index contributed by atoms with van der Waals surface area (Å²) in [5, 5.41) is 0. The highest BCUT2D eigenvalue weighted by molar-refractivity contribution is 4.79. The van der Waals surface area contributed by atoms with Gasteiger partial charge in [0.1, 0.15) is 0 Å². The molecular weight excluding hydrogens is 150 g/mol. The molecule has 0 saturated heterocycles. The molecule has 0 aliphatic heterocycles. The smallest absolute Gasteiger partial charge is 0.0497 e. The molecule has 3 unspecified atom stereocenters. The molecular formula is C10H21NO. The van der Waals surface area contributed by atoms with E-state index in [0.29, 0.717) is 12.0 Å². The van der Waals surface area contributed by atoms with E-state index in [4.69, 9.17) is 10.5 Å². The Kier molecular flexibility index (Phi) is 4.02. The number of hydrogen-bond acceptors (Lipinski definition) is 2. The second kappa shape index (κ2) is 4.83. The van der Waals surface area contributed by atoms with Crippen molar-refractivity contribution in [3.05, 3.63) is 0 Å². The molecule has 3 atom stereocenters. The summed E-state index contributed by atoms with van der Waals surface area (Å²) < 4.78 is 5.44. The lowest BCUT2D eigenvalue weighted by Crippen LogP contribution is -2.34. The fourth-order valence-electron chi connectivity index (χ4n) is 1.95. The molecule has 0 bridgehead atoms. The van der Waals surface area contributed by atoms with E-state index in [-0.39, 0.29) is 0 Å². The van der Waals surface area contributed by atoms with Crippen molar-refractivity contribution in [3.8, 4) is 0 Å². The van der Waals surface area contributed by atoms with Crippen LogP contribution in [0.1, 0.15) is 33.1 Å². The zero-order chi connectivity index (χ0) is 8.97. The lowest BCUT2D eigenvalue weighted by molar-refractivity contribution is 0.0667. The number of nitrogens with two attached hydrogens (primary N) is 1. The minimum Gasteiger partial charge on any atom is -0.381 e. The van der Waals surface area contributed by atoms with Crippen LogP contribution < -0.4 is 5.73 Å². The zero-order valence-electron chi connectivity index (χ0n) is 8.25. The predicted molar refractivity (Wildman–Crippen MR) is 51.0 cm³/mol. The Hall–Kier alpha value is -0.0800. The van der Waals surface area contributed by atoms with Gasteiger partial charge in [-0.2, -0.15) is 0 Å². The molecule has 0 aromatic rings. The SMILES string of the molecule is CCOCC1CC(N)CCC1C.